The summed E-state index contributed by atoms with van der Waals surface area (Å²) in [6.45, 7) is 0.585. The van der Waals surface area contributed by atoms with Crippen molar-refractivity contribution in [1.82, 2.24) is 4.98 Å². The molecule has 5 N–H and O–H groups in total. The quantitative estimate of drug-likeness (QED) is 0.286. The van der Waals surface area contributed by atoms with Gasteiger partial charge < -0.3 is 14.9 Å². The predicted octanol–water partition coefficient (Wildman–Crippen LogP) is 1.58. The van der Waals surface area contributed by atoms with Gasteiger partial charge in [-0.3, -0.25) is 9.32 Å². The molecule has 1 aromatic carbocycles. The first-order valence-corrected chi connectivity index (χ1v) is 10.4. The number of nitrogens with zero attached hydrogens (tertiary/aromatic N) is 3. The summed E-state index contributed by atoms with van der Waals surface area (Å²) in [5.41, 5.74) is -0.455. The number of benzene rings is 1. The zero-order valence-electron chi connectivity index (χ0n) is 14.3. The van der Waals surface area contributed by atoms with Crippen LogP contribution in [0.15, 0.2) is 39.4 Å². The molecule has 0 bridgehead atoms. The molecule has 2 aromatic rings. The number of rotatable bonds is 7. The van der Waals surface area contributed by atoms with Crippen molar-refractivity contribution in [3.05, 3.63) is 41.1 Å². The number of nitrogens with two attached hydrogens (primary N) is 1. The van der Waals surface area contributed by atoms with Gasteiger partial charge in [-0.15, -0.1) is 10.2 Å². The fraction of sp³-hybridized carbons (Fsp3) is 0.143. The van der Waals surface area contributed by atoms with Crippen LogP contribution in [0.2, 0.25) is 0 Å². The number of hydrogen-bond acceptors (Lipinski definition) is 9. The summed E-state index contributed by atoms with van der Waals surface area (Å²) >= 11 is 0. The van der Waals surface area contributed by atoms with Gasteiger partial charge in [0, 0.05) is 5.56 Å². The molecule has 0 saturated carbocycles. The molecule has 0 aliphatic heterocycles. The zero-order valence-corrected chi connectivity index (χ0v) is 16.0. The van der Waals surface area contributed by atoms with Crippen LogP contribution in [-0.2, 0) is 25.7 Å². The smallest absolute Gasteiger partial charge is 0.469 e. The van der Waals surface area contributed by atoms with E-state index in [1.807, 2.05) is 0 Å². The van der Waals surface area contributed by atoms with Gasteiger partial charge in [0.25, 0.3) is 0 Å². The van der Waals surface area contributed by atoms with Crippen LogP contribution in [0.5, 0.6) is 5.75 Å². The number of sulfonamides is 1. The second-order valence-corrected chi connectivity index (χ2v) is 8.19. The molecule has 14 heteroatoms. The minimum absolute atomic E-state index is 0.00858. The van der Waals surface area contributed by atoms with Crippen LogP contribution in [0.25, 0.3) is 0 Å². The average Bonchev–Trinajstić information content (AvgIpc) is 2.59. The number of aromatic nitrogens is 1. The second-order valence-electron chi connectivity index (χ2n) is 5.39. The first-order chi connectivity index (χ1) is 12.9. The number of azo groups is 1. The van der Waals surface area contributed by atoms with Crippen molar-refractivity contribution in [3.8, 4) is 5.75 Å². The molecule has 0 saturated heterocycles. The van der Waals surface area contributed by atoms with Crippen LogP contribution in [-0.4, -0.2) is 34.6 Å². The fourth-order valence-corrected chi connectivity index (χ4v) is 2.92. The predicted molar refractivity (Wildman–Crippen MR) is 94.9 cm³/mol. The fourth-order valence-electron chi connectivity index (χ4n) is 2.07. The Morgan fingerprint density at radius 3 is 2.57 bits per heavy atom. The number of primary sulfonamides is 1. The van der Waals surface area contributed by atoms with Crippen LogP contribution in [0.4, 0.5) is 11.5 Å². The Labute approximate surface area is 159 Å². The average molecular weight is 430 g/mol. The molecule has 0 amide bonds. The summed E-state index contributed by atoms with van der Waals surface area (Å²) in [5, 5.41) is 22.6. The summed E-state index contributed by atoms with van der Waals surface area (Å²) in [5.74, 6) is -0.763. The highest BCUT2D eigenvalue weighted by molar-refractivity contribution is 7.89. The summed E-state index contributed by atoms with van der Waals surface area (Å²) in [6, 6.07) is 5.18. The Bertz CT molecular complexity index is 1100. The first-order valence-electron chi connectivity index (χ1n) is 7.34. The minimum Gasteiger partial charge on any atom is -0.505 e. The van der Waals surface area contributed by atoms with Crippen LogP contribution in [0, 0.1) is 6.92 Å². The lowest BCUT2D eigenvalue weighted by atomic mass is 10.1. The summed E-state index contributed by atoms with van der Waals surface area (Å²) in [6.07, 6.45) is 0.253. The number of hydrogen-bond donors (Lipinski definition) is 4. The molecule has 28 heavy (non-hydrogen) atoms. The topological polar surface area (TPSA) is 202 Å². The van der Waals surface area contributed by atoms with Gasteiger partial charge in [-0.05, 0) is 25.1 Å². The normalized spacial score (nSPS) is 12.4. The molecular formula is C14H15N4O8PS. The van der Waals surface area contributed by atoms with Gasteiger partial charge in [0.15, 0.2) is 12.1 Å². The highest BCUT2D eigenvalue weighted by Gasteiger charge is 2.22. The van der Waals surface area contributed by atoms with Crippen molar-refractivity contribution in [2.45, 2.75) is 18.4 Å². The van der Waals surface area contributed by atoms with Crippen molar-refractivity contribution < 1.29 is 37.2 Å². The molecule has 0 aliphatic carbocycles. The maximum Gasteiger partial charge on any atom is 0.469 e. The van der Waals surface area contributed by atoms with E-state index in [0.29, 0.717) is 0 Å². The number of aryl methyl sites for hydroxylation is 1. The maximum absolute atomic E-state index is 11.4. The Kier molecular flexibility index (Phi) is 6.39. The molecule has 1 aromatic heterocycles. The lowest BCUT2D eigenvalue weighted by Crippen LogP contribution is -2.11. The number of carbonyl (C=O) groups excluding carboxylic acids is 1. The lowest BCUT2D eigenvalue weighted by Gasteiger charge is -2.12. The number of pyridine rings is 1. The van der Waals surface area contributed by atoms with Gasteiger partial charge in [-0.25, -0.2) is 23.1 Å². The monoisotopic (exact) mass is 430 g/mol. The van der Waals surface area contributed by atoms with E-state index in [2.05, 4.69) is 19.7 Å². The number of carbonyl (C=O) groups is 1. The molecule has 0 unspecified atom stereocenters. The molecule has 0 aliphatic rings. The Morgan fingerprint density at radius 1 is 1.32 bits per heavy atom. The second kappa shape index (κ2) is 8.22. The molecule has 0 spiro atoms. The van der Waals surface area contributed by atoms with Gasteiger partial charge in [0.05, 0.1) is 28.4 Å². The van der Waals surface area contributed by atoms with Crippen molar-refractivity contribution >= 4 is 35.6 Å². The largest absolute Gasteiger partial charge is 0.505 e. The van der Waals surface area contributed by atoms with E-state index in [4.69, 9.17) is 14.9 Å². The number of aldehydes is 1. The van der Waals surface area contributed by atoms with Crippen molar-refractivity contribution in [3.63, 3.8) is 0 Å². The van der Waals surface area contributed by atoms with E-state index in [9.17, 15) is 22.9 Å². The Balaban J connectivity index is 2.52. The van der Waals surface area contributed by atoms with Gasteiger partial charge in [0.2, 0.25) is 10.0 Å². The van der Waals surface area contributed by atoms with E-state index < -0.39 is 30.2 Å². The number of phosphoric ester groups is 1. The maximum atomic E-state index is 11.4. The molecule has 1 heterocycles. The van der Waals surface area contributed by atoms with Gasteiger partial charge >= 0.3 is 7.82 Å². The minimum atomic E-state index is -4.89. The Morgan fingerprint density at radius 2 is 2.00 bits per heavy atom. The van der Waals surface area contributed by atoms with E-state index in [1.165, 1.54) is 25.1 Å². The highest BCUT2D eigenvalue weighted by Crippen LogP contribution is 2.40. The van der Waals surface area contributed by atoms with Crippen molar-refractivity contribution in [2.75, 3.05) is 0 Å². The standard InChI is InChI=1S/C14H15N4O8PS/c1-8-13(20)11(6-19)12(7-26-27(21,22)23)14(16-8)18-17-9-3-2-4-10(5-9)28(15,24)25/h2-6,20H,7H2,1H3,(H2,15,24,25)(H2,21,22,23). The van der Waals surface area contributed by atoms with E-state index >= 15 is 0 Å². The third-order valence-corrected chi connectivity index (χ3v) is 4.74. The third kappa shape index (κ3) is 5.48. The van der Waals surface area contributed by atoms with E-state index in [1.54, 1.807) is 0 Å². The van der Waals surface area contributed by atoms with E-state index in [0.717, 1.165) is 6.07 Å². The van der Waals surface area contributed by atoms with Crippen molar-refractivity contribution in [1.29, 1.82) is 0 Å². The van der Waals surface area contributed by atoms with E-state index in [-0.39, 0.29) is 39.5 Å². The highest BCUT2D eigenvalue weighted by atomic mass is 32.2. The molecule has 0 radical (unpaired) electrons. The molecule has 0 fully saturated rings. The third-order valence-electron chi connectivity index (χ3n) is 3.37. The van der Waals surface area contributed by atoms with Crippen LogP contribution < -0.4 is 5.14 Å². The van der Waals surface area contributed by atoms with Crippen molar-refractivity contribution in [2.24, 2.45) is 15.4 Å². The van der Waals surface area contributed by atoms with Gasteiger partial charge in [-0.2, -0.15) is 0 Å². The van der Waals surface area contributed by atoms with Crippen LogP contribution in [0.3, 0.4) is 0 Å². The summed E-state index contributed by atoms with van der Waals surface area (Å²) < 4.78 is 38.1. The lowest BCUT2D eigenvalue weighted by molar-refractivity contribution is 0.111. The SMILES string of the molecule is Cc1nc(N=Nc2cccc(S(N)(=O)=O)c2)c(COP(=O)(O)O)c(C=O)c1O. The number of phosphoric acid groups is 1. The molecule has 12 nitrogen and oxygen atoms in total. The Hall–Kier alpha value is -2.54. The number of aromatic hydroxyl groups is 1. The van der Waals surface area contributed by atoms with Gasteiger partial charge in [0.1, 0.15) is 5.75 Å². The van der Waals surface area contributed by atoms with Crippen LogP contribution in [0.1, 0.15) is 21.6 Å². The molecule has 150 valence electrons. The molecule has 0 atom stereocenters. The van der Waals surface area contributed by atoms with Crippen LogP contribution >= 0.6 is 7.82 Å². The first kappa shape index (κ1) is 21.8. The zero-order chi connectivity index (χ0) is 21.1. The summed E-state index contributed by atoms with van der Waals surface area (Å²) in [7, 11) is -8.86. The summed E-state index contributed by atoms with van der Waals surface area (Å²) in [4.78, 5) is 32.8. The van der Waals surface area contributed by atoms with Gasteiger partial charge in [-0.1, -0.05) is 6.07 Å². The molecular weight excluding hydrogens is 415 g/mol. The molecule has 2 rings (SSSR count).